The maximum Gasteiger partial charge on any atom is 0.123 e. The van der Waals surface area contributed by atoms with E-state index in [1.165, 1.54) is 16.3 Å². The first-order valence-electron chi connectivity index (χ1n) is 8.22. The molecule has 124 valence electrons. The monoisotopic (exact) mass is 323 g/mol. The number of fused-ring (bicyclic) bond motifs is 1. The fraction of sp³-hybridized carbons (Fsp3) is 0.316. The number of nitrogens with zero attached hydrogens (tertiary/aromatic N) is 2. The molecule has 3 aromatic rings. The lowest BCUT2D eigenvalue weighted by molar-refractivity contribution is -0.0143. The van der Waals surface area contributed by atoms with Crippen LogP contribution in [0.5, 0.6) is 5.75 Å². The minimum absolute atomic E-state index is 0.185. The van der Waals surface area contributed by atoms with Crippen LogP contribution < -0.4 is 4.74 Å². The van der Waals surface area contributed by atoms with E-state index >= 15 is 0 Å². The van der Waals surface area contributed by atoms with Crippen molar-refractivity contribution >= 4 is 10.8 Å². The average molecular weight is 323 g/mol. The lowest BCUT2D eigenvalue weighted by Gasteiger charge is -2.35. The number of ether oxygens (including phenoxy) is 2. The van der Waals surface area contributed by atoms with Gasteiger partial charge in [0.05, 0.1) is 32.1 Å². The van der Waals surface area contributed by atoms with Crippen LogP contribution in [-0.4, -0.2) is 42.0 Å². The average Bonchev–Trinajstić information content (AvgIpc) is 3.17. The zero-order valence-electron chi connectivity index (χ0n) is 13.7. The SMILES string of the molecule is COc1ccc2ccccc2c1CN1CCOCC1c1ccn[nH]1. The molecule has 1 atom stereocenters. The Kier molecular flexibility index (Phi) is 4.19. The van der Waals surface area contributed by atoms with Crippen LogP contribution in [0.25, 0.3) is 10.8 Å². The quantitative estimate of drug-likeness (QED) is 0.801. The van der Waals surface area contributed by atoms with Crippen molar-refractivity contribution in [3.8, 4) is 5.75 Å². The number of nitrogens with one attached hydrogen (secondary N) is 1. The van der Waals surface area contributed by atoms with Gasteiger partial charge in [-0.05, 0) is 22.9 Å². The number of methoxy groups -OCH3 is 1. The van der Waals surface area contributed by atoms with E-state index < -0.39 is 0 Å². The van der Waals surface area contributed by atoms with Crippen LogP contribution in [0.15, 0.2) is 48.7 Å². The van der Waals surface area contributed by atoms with Gasteiger partial charge in [-0.25, -0.2) is 0 Å². The van der Waals surface area contributed by atoms with Crippen LogP contribution in [0.3, 0.4) is 0 Å². The van der Waals surface area contributed by atoms with Crippen molar-refractivity contribution in [2.75, 3.05) is 26.9 Å². The molecule has 24 heavy (non-hydrogen) atoms. The molecular weight excluding hydrogens is 302 g/mol. The minimum atomic E-state index is 0.185. The van der Waals surface area contributed by atoms with Gasteiger partial charge in [-0.2, -0.15) is 5.10 Å². The number of H-pyrrole nitrogens is 1. The van der Waals surface area contributed by atoms with Gasteiger partial charge in [0, 0.05) is 24.8 Å². The summed E-state index contributed by atoms with van der Waals surface area (Å²) in [5.41, 5.74) is 2.32. The van der Waals surface area contributed by atoms with Crippen LogP contribution in [0, 0.1) is 0 Å². The number of rotatable bonds is 4. The van der Waals surface area contributed by atoms with Gasteiger partial charge in [0.25, 0.3) is 0 Å². The molecule has 1 saturated heterocycles. The Morgan fingerprint density at radius 3 is 3.00 bits per heavy atom. The summed E-state index contributed by atoms with van der Waals surface area (Å²) < 4.78 is 11.3. The van der Waals surface area contributed by atoms with Gasteiger partial charge in [0.1, 0.15) is 5.75 Å². The van der Waals surface area contributed by atoms with E-state index in [0.717, 1.165) is 31.1 Å². The largest absolute Gasteiger partial charge is 0.496 e. The molecule has 0 spiro atoms. The fourth-order valence-corrected chi connectivity index (χ4v) is 3.44. The van der Waals surface area contributed by atoms with E-state index in [0.29, 0.717) is 6.61 Å². The minimum Gasteiger partial charge on any atom is -0.496 e. The van der Waals surface area contributed by atoms with E-state index in [9.17, 15) is 0 Å². The summed E-state index contributed by atoms with van der Waals surface area (Å²) in [5.74, 6) is 0.934. The summed E-state index contributed by atoms with van der Waals surface area (Å²) in [5, 5.41) is 9.65. The molecule has 1 aliphatic rings. The second-order valence-electron chi connectivity index (χ2n) is 6.04. The van der Waals surface area contributed by atoms with E-state index in [2.05, 4.69) is 51.5 Å². The van der Waals surface area contributed by atoms with Crippen LogP contribution >= 0.6 is 0 Å². The Balaban J connectivity index is 1.72. The van der Waals surface area contributed by atoms with E-state index in [1.54, 1.807) is 13.3 Å². The third kappa shape index (κ3) is 2.77. The van der Waals surface area contributed by atoms with Crippen LogP contribution in [0.1, 0.15) is 17.3 Å². The third-order valence-electron chi connectivity index (χ3n) is 4.70. The van der Waals surface area contributed by atoms with Gasteiger partial charge in [0.2, 0.25) is 0 Å². The molecule has 4 rings (SSSR count). The molecule has 2 heterocycles. The standard InChI is InChI=1S/C19H21N3O2/c1-23-19-7-6-14-4-2-3-5-15(14)16(19)12-22-10-11-24-13-18(22)17-8-9-20-21-17/h2-9,18H,10-13H2,1H3,(H,20,21). The predicted molar refractivity (Wildman–Crippen MR) is 93.1 cm³/mol. The Labute approximate surface area is 141 Å². The molecular formula is C19H21N3O2. The van der Waals surface area contributed by atoms with Gasteiger partial charge >= 0.3 is 0 Å². The summed E-state index contributed by atoms with van der Waals surface area (Å²) in [6, 6.07) is 14.8. The Morgan fingerprint density at radius 1 is 1.25 bits per heavy atom. The zero-order valence-corrected chi connectivity index (χ0v) is 13.7. The van der Waals surface area contributed by atoms with Crippen LogP contribution in [0.4, 0.5) is 0 Å². The molecule has 5 nitrogen and oxygen atoms in total. The van der Waals surface area contributed by atoms with E-state index in [-0.39, 0.29) is 6.04 Å². The molecule has 1 aliphatic heterocycles. The highest BCUT2D eigenvalue weighted by molar-refractivity contribution is 5.87. The van der Waals surface area contributed by atoms with Crippen molar-refractivity contribution in [1.82, 2.24) is 15.1 Å². The van der Waals surface area contributed by atoms with E-state index in [1.807, 2.05) is 6.07 Å². The number of hydrogen-bond acceptors (Lipinski definition) is 4. The molecule has 1 fully saturated rings. The molecule has 2 aromatic carbocycles. The number of morpholine rings is 1. The molecule has 5 heteroatoms. The van der Waals surface area contributed by atoms with Gasteiger partial charge in [-0.3, -0.25) is 10.00 Å². The Morgan fingerprint density at radius 2 is 2.17 bits per heavy atom. The van der Waals surface area contributed by atoms with Crippen molar-refractivity contribution < 1.29 is 9.47 Å². The zero-order chi connectivity index (χ0) is 16.4. The molecule has 1 N–H and O–H groups in total. The van der Waals surface area contributed by atoms with Crippen LogP contribution in [0.2, 0.25) is 0 Å². The second kappa shape index (κ2) is 6.63. The summed E-state index contributed by atoms with van der Waals surface area (Å²) in [4.78, 5) is 2.43. The van der Waals surface area contributed by atoms with Crippen molar-refractivity contribution in [3.05, 3.63) is 59.9 Å². The van der Waals surface area contributed by atoms with Gasteiger partial charge in [-0.15, -0.1) is 0 Å². The Hall–Kier alpha value is -2.37. The number of benzene rings is 2. The summed E-state index contributed by atoms with van der Waals surface area (Å²) in [6.07, 6.45) is 1.79. The van der Waals surface area contributed by atoms with Crippen LogP contribution in [-0.2, 0) is 11.3 Å². The summed E-state index contributed by atoms with van der Waals surface area (Å²) in [7, 11) is 1.74. The molecule has 0 amide bonds. The van der Waals surface area contributed by atoms with Gasteiger partial charge < -0.3 is 9.47 Å². The molecule has 0 aliphatic carbocycles. The van der Waals surface area contributed by atoms with Gasteiger partial charge in [-0.1, -0.05) is 30.3 Å². The van der Waals surface area contributed by atoms with E-state index in [4.69, 9.17) is 9.47 Å². The number of aromatic nitrogens is 2. The maximum atomic E-state index is 5.70. The number of hydrogen-bond donors (Lipinski definition) is 1. The normalized spacial score (nSPS) is 18.8. The fourth-order valence-electron chi connectivity index (χ4n) is 3.44. The predicted octanol–water partition coefficient (Wildman–Crippen LogP) is 3.15. The second-order valence-corrected chi connectivity index (χ2v) is 6.04. The molecule has 0 saturated carbocycles. The highest BCUT2D eigenvalue weighted by Crippen LogP contribution is 2.32. The maximum absolute atomic E-state index is 5.70. The summed E-state index contributed by atoms with van der Waals surface area (Å²) in [6.45, 7) is 3.13. The summed E-state index contributed by atoms with van der Waals surface area (Å²) >= 11 is 0. The van der Waals surface area contributed by atoms with Crippen molar-refractivity contribution in [1.29, 1.82) is 0 Å². The highest BCUT2D eigenvalue weighted by Gasteiger charge is 2.27. The first kappa shape index (κ1) is 15.2. The number of aromatic amines is 1. The molecule has 0 bridgehead atoms. The first-order chi connectivity index (χ1) is 11.9. The van der Waals surface area contributed by atoms with Crippen molar-refractivity contribution in [2.45, 2.75) is 12.6 Å². The molecule has 1 unspecified atom stereocenters. The highest BCUT2D eigenvalue weighted by atomic mass is 16.5. The van der Waals surface area contributed by atoms with Gasteiger partial charge in [0.15, 0.2) is 0 Å². The lowest BCUT2D eigenvalue weighted by Crippen LogP contribution is -2.39. The molecule has 0 radical (unpaired) electrons. The topological polar surface area (TPSA) is 50.4 Å². The third-order valence-corrected chi connectivity index (χ3v) is 4.70. The smallest absolute Gasteiger partial charge is 0.123 e. The Bertz CT molecular complexity index is 817. The molecule has 1 aromatic heterocycles. The lowest BCUT2D eigenvalue weighted by atomic mass is 10.0. The van der Waals surface area contributed by atoms with Crippen molar-refractivity contribution in [3.63, 3.8) is 0 Å². The van der Waals surface area contributed by atoms with Crippen molar-refractivity contribution in [2.24, 2.45) is 0 Å². The first-order valence-corrected chi connectivity index (χ1v) is 8.22.